The molecule has 1 aromatic rings. The van der Waals surface area contributed by atoms with Crippen molar-refractivity contribution < 1.29 is 0 Å². The molecule has 0 atom stereocenters. The van der Waals surface area contributed by atoms with Gasteiger partial charge in [-0.1, -0.05) is 6.07 Å². The van der Waals surface area contributed by atoms with Crippen molar-refractivity contribution >= 4 is 0 Å². The maximum Gasteiger partial charge on any atom is 0.0416 e. The monoisotopic (exact) mass is 161 g/mol. The lowest BCUT2D eigenvalue weighted by molar-refractivity contribution is 0.183. The van der Waals surface area contributed by atoms with Gasteiger partial charge >= 0.3 is 0 Å². The Bertz CT molecular complexity index is 229. The summed E-state index contributed by atoms with van der Waals surface area (Å²) in [5.41, 5.74) is 1.18. The lowest BCUT2D eigenvalue weighted by atomic mass is 10.2. The molecule has 0 saturated carbocycles. The predicted molar refractivity (Wildman–Crippen MR) is 47.8 cm³/mol. The summed E-state index contributed by atoms with van der Waals surface area (Å²) in [6.45, 7) is 3.72. The molecule has 2 heterocycles. The molecule has 1 aromatic heterocycles. The number of pyridine rings is 1. The van der Waals surface area contributed by atoms with Crippen LogP contribution in [0.2, 0.25) is 0 Å². The number of hydrogen-bond donors (Lipinski definition) is 0. The van der Waals surface area contributed by atoms with E-state index in [0.717, 1.165) is 13.0 Å². The van der Waals surface area contributed by atoms with Crippen molar-refractivity contribution in [3.63, 3.8) is 0 Å². The van der Waals surface area contributed by atoms with E-state index in [2.05, 4.69) is 16.0 Å². The Kier molecular flexibility index (Phi) is 2.37. The normalized spacial score (nSPS) is 17.3. The molecular formula is C10H13N2. The number of hydrogen-bond acceptors (Lipinski definition) is 2. The third kappa shape index (κ3) is 1.83. The molecule has 0 unspecified atom stereocenters. The fraction of sp³-hybridized carbons (Fsp3) is 0.500. The summed E-state index contributed by atoms with van der Waals surface area (Å²) >= 11 is 0. The van der Waals surface area contributed by atoms with E-state index in [1.165, 1.54) is 25.2 Å². The fourth-order valence-corrected chi connectivity index (χ4v) is 1.38. The quantitative estimate of drug-likeness (QED) is 0.660. The van der Waals surface area contributed by atoms with Crippen LogP contribution in [0.5, 0.6) is 0 Å². The molecule has 0 bridgehead atoms. The standard InChI is InChI=1S/C10H13N2/c1-2-6-11-10(4-1)5-9-12-7-3-8-12/h1,4,6H,3,5,7-9H2. The minimum Gasteiger partial charge on any atom is -0.303 e. The average Bonchev–Trinajstić information content (AvgIpc) is 2.04. The third-order valence-electron chi connectivity index (χ3n) is 2.31. The van der Waals surface area contributed by atoms with E-state index in [1.54, 1.807) is 6.20 Å². The summed E-state index contributed by atoms with van der Waals surface area (Å²) in [4.78, 5) is 6.68. The number of aromatic nitrogens is 1. The van der Waals surface area contributed by atoms with E-state index < -0.39 is 0 Å². The van der Waals surface area contributed by atoms with Gasteiger partial charge in [-0.25, -0.2) is 0 Å². The van der Waals surface area contributed by atoms with Gasteiger partial charge in [0, 0.05) is 30.9 Å². The van der Waals surface area contributed by atoms with Crippen molar-refractivity contribution in [2.45, 2.75) is 12.8 Å². The predicted octanol–water partition coefficient (Wildman–Crippen LogP) is 1.13. The molecule has 63 valence electrons. The average molecular weight is 161 g/mol. The highest BCUT2D eigenvalue weighted by molar-refractivity contribution is 5.02. The second-order valence-corrected chi connectivity index (χ2v) is 3.19. The largest absolute Gasteiger partial charge is 0.303 e. The van der Waals surface area contributed by atoms with Gasteiger partial charge in [-0.05, 0) is 25.6 Å². The summed E-state index contributed by atoms with van der Waals surface area (Å²) in [6.07, 6.45) is 4.19. The molecule has 0 aromatic carbocycles. The van der Waals surface area contributed by atoms with E-state index in [-0.39, 0.29) is 0 Å². The van der Waals surface area contributed by atoms with Crippen molar-refractivity contribution in [2.24, 2.45) is 0 Å². The molecule has 1 aliphatic rings. The Morgan fingerprint density at radius 1 is 1.50 bits per heavy atom. The summed E-state index contributed by atoms with van der Waals surface area (Å²) in [5, 5.41) is 0. The minimum atomic E-state index is 1.08. The number of likely N-dealkylation sites (tertiary alicyclic amines) is 1. The number of nitrogens with zero attached hydrogens (tertiary/aromatic N) is 2. The highest BCUT2D eigenvalue weighted by Crippen LogP contribution is 2.06. The van der Waals surface area contributed by atoms with Gasteiger partial charge in [0.2, 0.25) is 0 Å². The summed E-state index contributed by atoms with van der Waals surface area (Å²) in [7, 11) is 0. The molecule has 12 heavy (non-hydrogen) atoms. The minimum absolute atomic E-state index is 1.08. The maximum absolute atomic E-state index is 4.23. The first-order valence-electron chi connectivity index (χ1n) is 4.48. The van der Waals surface area contributed by atoms with Crippen LogP contribution in [0.1, 0.15) is 12.1 Å². The summed E-state index contributed by atoms with van der Waals surface area (Å²) < 4.78 is 0. The molecule has 0 spiro atoms. The Morgan fingerprint density at radius 3 is 3.00 bits per heavy atom. The van der Waals surface area contributed by atoms with Crippen molar-refractivity contribution in [3.05, 3.63) is 30.1 Å². The van der Waals surface area contributed by atoms with Crippen molar-refractivity contribution in [3.8, 4) is 0 Å². The van der Waals surface area contributed by atoms with Crippen LogP contribution in [0.15, 0.2) is 18.3 Å². The van der Waals surface area contributed by atoms with Crippen LogP contribution in [0.3, 0.4) is 0 Å². The van der Waals surface area contributed by atoms with Gasteiger partial charge in [0.05, 0.1) is 0 Å². The van der Waals surface area contributed by atoms with Gasteiger partial charge in [0.15, 0.2) is 0 Å². The second-order valence-electron chi connectivity index (χ2n) is 3.19. The molecular weight excluding hydrogens is 148 g/mol. The summed E-state index contributed by atoms with van der Waals surface area (Å²) in [5.74, 6) is 0. The van der Waals surface area contributed by atoms with E-state index >= 15 is 0 Å². The van der Waals surface area contributed by atoms with E-state index in [9.17, 15) is 0 Å². The van der Waals surface area contributed by atoms with Gasteiger partial charge in [-0.3, -0.25) is 4.98 Å². The second kappa shape index (κ2) is 3.68. The first-order valence-corrected chi connectivity index (χ1v) is 4.48. The van der Waals surface area contributed by atoms with Crippen LogP contribution >= 0.6 is 0 Å². The molecule has 0 N–H and O–H groups in total. The highest BCUT2D eigenvalue weighted by Gasteiger charge is 2.12. The van der Waals surface area contributed by atoms with Crippen molar-refractivity contribution in [2.75, 3.05) is 19.6 Å². The third-order valence-corrected chi connectivity index (χ3v) is 2.31. The Balaban J connectivity index is 1.79. The van der Waals surface area contributed by atoms with E-state index in [1.807, 2.05) is 12.1 Å². The Labute approximate surface area is 73.2 Å². The molecule has 1 radical (unpaired) electrons. The van der Waals surface area contributed by atoms with Crippen LogP contribution in [0, 0.1) is 6.07 Å². The van der Waals surface area contributed by atoms with Crippen LogP contribution in [0.25, 0.3) is 0 Å². The fourth-order valence-electron chi connectivity index (χ4n) is 1.38. The van der Waals surface area contributed by atoms with E-state index in [0.29, 0.717) is 0 Å². The molecule has 0 amide bonds. The SMILES string of the molecule is [c]1ccc(CCN2CCC2)nc1. The summed E-state index contributed by atoms with van der Waals surface area (Å²) in [6, 6.07) is 6.89. The molecule has 1 fully saturated rings. The van der Waals surface area contributed by atoms with E-state index in [4.69, 9.17) is 0 Å². The Morgan fingerprint density at radius 2 is 2.42 bits per heavy atom. The zero-order chi connectivity index (χ0) is 8.23. The van der Waals surface area contributed by atoms with Gasteiger partial charge in [-0.15, -0.1) is 0 Å². The molecule has 2 heteroatoms. The zero-order valence-electron chi connectivity index (χ0n) is 7.16. The topological polar surface area (TPSA) is 16.1 Å². The molecule has 1 aliphatic heterocycles. The van der Waals surface area contributed by atoms with Gasteiger partial charge in [-0.2, -0.15) is 0 Å². The van der Waals surface area contributed by atoms with Gasteiger partial charge < -0.3 is 4.90 Å². The maximum atomic E-state index is 4.23. The molecule has 2 nitrogen and oxygen atoms in total. The highest BCUT2D eigenvalue weighted by atomic mass is 15.2. The Hall–Kier alpha value is -0.890. The zero-order valence-corrected chi connectivity index (χ0v) is 7.16. The van der Waals surface area contributed by atoms with Gasteiger partial charge in [0.25, 0.3) is 0 Å². The smallest absolute Gasteiger partial charge is 0.0416 e. The van der Waals surface area contributed by atoms with Crippen molar-refractivity contribution in [1.82, 2.24) is 9.88 Å². The molecule has 0 aliphatic carbocycles. The van der Waals surface area contributed by atoms with Crippen LogP contribution in [0.4, 0.5) is 0 Å². The lowest BCUT2D eigenvalue weighted by Crippen LogP contribution is -2.38. The number of rotatable bonds is 3. The van der Waals surface area contributed by atoms with Gasteiger partial charge in [0.1, 0.15) is 0 Å². The lowest BCUT2D eigenvalue weighted by Gasteiger charge is -2.30. The van der Waals surface area contributed by atoms with Crippen LogP contribution in [-0.2, 0) is 6.42 Å². The molecule has 1 saturated heterocycles. The van der Waals surface area contributed by atoms with Crippen LogP contribution in [-0.4, -0.2) is 29.5 Å². The van der Waals surface area contributed by atoms with Crippen molar-refractivity contribution in [1.29, 1.82) is 0 Å². The molecule has 2 rings (SSSR count). The van der Waals surface area contributed by atoms with Crippen LogP contribution < -0.4 is 0 Å². The first kappa shape index (κ1) is 7.74. The first-order chi connectivity index (χ1) is 5.95.